The third kappa shape index (κ3) is 6.20. The zero-order valence-electron chi connectivity index (χ0n) is 10.3. The normalized spacial score (nSPS) is 24.9. The summed E-state index contributed by atoms with van der Waals surface area (Å²) in [6.45, 7) is 2.48. The summed E-state index contributed by atoms with van der Waals surface area (Å²) in [7, 11) is 0. The summed E-state index contributed by atoms with van der Waals surface area (Å²) < 4.78 is 39.6. The van der Waals surface area contributed by atoms with Gasteiger partial charge in [-0.3, -0.25) is 4.79 Å². The second-order valence-electron chi connectivity index (χ2n) is 4.64. The zero-order valence-corrected chi connectivity index (χ0v) is 10.3. The molecule has 0 spiro atoms. The van der Waals surface area contributed by atoms with Gasteiger partial charge < -0.3 is 15.4 Å². The van der Waals surface area contributed by atoms with E-state index in [0.717, 1.165) is 19.5 Å². The molecule has 0 aromatic carbocycles. The highest BCUT2D eigenvalue weighted by Crippen LogP contribution is 2.17. The molecule has 1 saturated heterocycles. The van der Waals surface area contributed by atoms with Gasteiger partial charge in [0.05, 0.1) is 0 Å². The number of hydrogen-bond acceptors (Lipinski definition) is 3. The first-order valence-corrected chi connectivity index (χ1v) is 6.00. The van der Waals surface area contributed by atoms with Crippen LogP contribution in [0.2, 0.25) is 0 Å². The third-order valence-electron chi connectivity index (χ3n) is 3.02. The fraction of sp³-hybridized carbons (Fsp3) is 0.909. The Kier molecular flexibility index (Phi) is 5.87. The fourth-order valence-corrected chi connectivity index (χ4v) is 1.93. The first-order valence-electron chi connectivity index (χ1n) is 6.00. The van der Waals surface area contributed by atoms with Crippen LogP contribution in [0.1, 0.15) is 13.3 Å². The highest BCUT2D eigenvalue weighted by atomic mass is 19.4. The van der Waals surface area contributed by atoms with Crippen LogP contribution in [0.5, 0.6) is 0 Å². The molecule has 2 atom stereocenters. The quantitative estimate of drug-likeness (QED) is 0.780. The van der Waals surface area contributed by atoms with Gasteiger partial charge in [-0.15, -0.1) is 0 Å². The molecule has 0 aliphatic carbocycles. The molecule has 2 unspecified atom stereocenters. The van der Waals surface area contributed by atoms with E-state index in [4.69, 9.17) is 0 Å². The van der Waals surface area contributed by atoms with Crippen molar-refractivity contribution in [3.8, 4) is 0 Å². The Hall–Kier alpha value is -0.820. The Morgan fingerprint density at radius 1 is 1.50 bits per heavy atom. The maximum absolute atomic E-state index is 11.8. The van der Waals surface area contributed by atoms with Gasteiger partial charge in [0.25, 0.3) is 0 Å². The Labute approximate surface area is 104 Å². The highest BCUT2D eigenvalue weighted by Gasteiger charge is 2.28. The Bertz CT molecular complexity index is 272. The molecule has 0 aromatic heterocycles. The molecule has 0 aromatic rings. The summed E-state index contributed by atoms with van der Waals surface area (Å²) in [5.74, 6) is 0.331. The molecule has 1 aliphatic heterocycles. The van der Waals surface area contributed by atoms with Gasteiger partial charge in [-0.2, -0.15) is 13.2 Å². The molecule has 1 heterocycles. The van der Waals surface area contributed by atoms with Crippen LogP contribution in [0, 0.1) is 11.8 Å². The molecule has 0 bridgehead atoms. The molecule has 1 rings (SSSR count). The maximum atomic E-state index is 11.8. The Balaban J connectivity index is 2.13. The van der Waals surface area contributed by atoms with E-state index in [0.29, 0.717) is 18.4 Å². The summed E-state index contributed by atoms with van der Waals surface area (Å²) in [5, 5.41) is 5.85. The summed E-state index contributed by atoms with van der Waals surface area (Å²) in [6.07, 6.45) is -3.42. The van der Waals surface area contributed by atoms with Crippen LogP contribution in [0.4, 0.5) is 13.2 Å². The van der Waals surface area contributed by atoms with Gasteiger partial charge in [-0.25, -0.2) is 0 Å². The molecule has 1 aliphatic rings. The topological polar surface area (TPSA) is 50.4 Å². The lowest BCUT2D eigenvalue weighted by Crippen LogP contribution is -2.42. The number of piperidine rings is 1. The van der Waals surface area contributed by atoms with Gasteiger partial charge in [0.1, 0.15) is 13.2 Å². The van der Waals surface area contributed by atoms with Crippen molar-refractivity contribution in [3.05, 3.63) is 0 Å². The monoisotopic (exact) mass is 268 g/mol. The molecule has 0 saturated carbocycles. The van der Waals surface area contributed by atoms with E-state index in [1.807, 2.05) is 0 Å². The number of hydrogen-bond donors (Lipinski definition) is 2. The van der Waals surface area contributed by atoms with E-state index in [1.165, 1.54) is 0 Å². The molecule has 1 fully saturated rings. The molecular formula is C11H19F3N2O2. The lowest BCUT2D eigenvalue weighted by atomic mass is 9.88. The van der Waals surface area contributed by atoms with E-state index in [1.54, 1.807) is 0 Å². The second-order valence-corrected chi connectivity index (χ2v) is 4.64. The van der Waals surface area contributed by atoms with Gasteiger partial charge in [0, 0.05) is 6.54 Å². The Morgan fingerprint density at radius 3 is 2.83 bits per heavy atom. The molecule has 18 heavy (non-hydrogen) atoms. The zero-order chi connectivity index (χ0) is 13.6. The van der Waals surface area contributed by atoms with Crippen LogP contribution in [0.15, 0.2) is 0 Å². The fourth-order valence-electron chi connectivity index (χ4n) is 1.93. The maximum Gasteiger partial charge on any atom is 0.411 e. The number of nitrogens with one attached hydrogen (secondary N) is 2. The van der Waals surface area contributed by atoms with Crippen LogP contribution in [-0.4, -0.2) is 44.9 Å². The van der Waals surface area contributed by atoms with Crippen LogP contribution in [-0.2, 0) is 9.53 Å². The number of rotatable bonds is 5. The van der Waals surface area contributed by atoms with Crippen molar-refractivity contribution >= 4 is 5.91 Å². The van der Waals surface area contributed by atoms with E-state index < -0.39 is 25.3 Å². The van der Waals surface area contributed by atoms with Crippen LogP contribution in [0.3, 0.4) is 0 Å². The largest absolute Gasteiger partial charge is 0.411 e. The predicted octanol–water partition coefficient (Wildman–Crippen LogP) is 0.927. The highest BCUT2D eigenvalue weighted by molar-refractivity contribution is 5.77. The smallest absolute Gasteiger partial charge is 0.362 e. The van der Waals surface area contributed by atoms with Gasteiger partial charge in [-0.1, -0.05) is 6.92 Å². The number of halogens is 3. The summed E-state index contributed by atoms with van der Waals surface area (Å²) >= 11 is 0. The number of amides is 1. The minimum absolute atomic E-state index is 0.373. The minimum Gasteiger partial charge on any atom is -0.362 e. The molecule has 106 valence electrons. The van der Waals surface area contributed by atoms with Gasteiger partial charge in [-0.05, 0) is 31.3 Å². The van der Waals surface area contributed by atoms with Gasteiger partial charge in [0.2, 0.25) is 5.91 Å². The Morgan fingerprint density at radius 2 is 2.22 bits per heavy atom. The molecule has 7 heteroatoms. The van der Waals surface area contributed by atoms with Crippen LogP contribution in [0.25, 0.3) is 0 Å². The van der Waals surface area contributed by atoms with Crippen molar-refractivity contribution in [1.29, 1.82) is 0 Å². The minimum atomic E-state index is -4.39. The van der Waals surface area contributed by atoms with E-state index in [-0.39, 0.29) is 0 Å². The van der Waals surface area contributed by atoms with E-state index in [9.17, 15) is 18.0 Å². The van der Waals surface area contributed by atoms with E-state index >= 15 is 0 Å². The van der Waals surface area contributed by atoms with Gasteiger partial charge in [0.15, 0.2) is 0 Å². The van der Waals surface area contributed by atoms with Crippen molar-refractivity contribution in [2.45, 2.75) is 19.5 Å². The third-order valence-corrected chi connectivity index (χ3v) is 3.02. The number of carbonyl (C=O) groups is 1. The van der Waals surface area contributed by atoms with E-state index in [2.05, 4.69) is 22.3 Å². The first kappa shape index (κ1) is 15.2. The first-order chi connectivity index (χ1) is 8.38. The van der Waals surface area contributed by atoms with Crippen molar-refractivity contribution in [1.82, 2.24) is 10.6 Å². The molecule has 2 N–H and O–H groups in total. The number of carbonyl (C=O) groups excluding carboxylic acids is 1. The summed E-state index contributed by atoms with van der Waals surface area (Å²) in [5.41, 5.74) is 0. The standard InChI is InChI=1S/C11H19F3N2O2/c1-8-4-15-3-2-9(8)5-16-10(17)6-18-7-11(12,13)14/h8-9,15H,2-7H2,1H3,(H,16,17). The van der Waals surface area contributed by atoms with Crippen molar-refractivity contribution in [3.63, 3.8) is 0 Å². The van der Waals surface area contributed by atoms with Crippen molar-refractivity contribution in [2.24, 2.45) is 11.8 Å². The predicted molar refractivity (Wildman–Crippen MR) is 60.0 cm³/mol. The lowest BCUT2D eigenvalue weighted by molar-refractivity contribution is -0.175. The van der Waals surface area contributed by atoms with Gasteiger partial charge >= 0.3 is 6.18 Å². The molecule has 1 amide bonds. The van der Waals surface area contributed by atoms with Crippen LogP contribution < -0.4 is 10.6 Å². The molecular weight excluding hydrogens is 249 g/mol. The number of alkyl halides is 3. The summed E-state index contributed by atoms with van der Waals surface area (Å²) in [6, 6.07) is 0. The second kappa shape index (κ2) is 6.94. The lowest BCUT2D eigenvalue weighted by Gasteiger charge is -2.29. The molecule has 0 radical (unpaired) electrons. The average molecular weight is 268 g/mol. The SMILES string of the molecule is CC1CNCCC1CNC(=O)COCC(F)(F)F. The van der Waals surface area contributed by atoms with Crippen LogP contribution >= 0.6 is 0 Å². The van der Waals surface area contributed by atoms with Crippen molar-refractivity contribution < 1.29 is 22.7 Å². The number of ether oxygens (including phenoxy) is 1. The summed E-state index contributed by atoms with van der Waals surface area (Å²) in [4.78, 5) is 11.3. The average Bonchev–Trinajstić information content (AvgIpc) is 2.26. The molecule has 4 nitrogen and oxygen atoms in total. The van der Waals surface area contributed by atoms with Crippen molar-refractivity contribution in [2.75, 3.05) is 32.8 Å².